The summed E-state index contributed by atoms with van der Waals surface area (Å²) in [5.74, 6) is 3.63. The first-order valence-electron chi connectivity index (χ1n) is 4.79. The first-order chi connectivity index (χ1) is 6.53. The largest absolute Gasteiger partial charge is 0.384 e. The molecule has 3 heteroatoms. The maximum atomic E-state index is 5.56. The minimum Gasteiger partial charge on any atom is -0.384 e. The highest BCUT2D eigenvalue weighted by molar-refractivity contribution is 6.85. The predicted octanol–water partition coefficient (Wildman–Crippen LogP) is 2.28. The van der Waals surface area contributed by atoms with Gasteiger partial charge in [-0.05, 0) is 18.2 Å². The van der Waals surface area contributed by atoms with Crippen molar-refractivity contribution < 1.29 is 0 Å². The lowest BCUT2D eigenvalue weighted by Gasteiger charge is -2.09. The highest BCUT2D eigenvalue weighted by Gasteiger charge is 2.13. The molecular formula is C11H16N2Si. The summed E-state index contributed by atoms with van der Waals surface area (Å²) in [6.07, 6.45) is 0. The van der Waals surface area contributed by atoms with Gasteiger partial charge in [0, 0.05) is 0 Å². The van der Waals surface area contributed by atoms with Gasteiger partial charge in [-0.2, -0.15) is 0 Å². The zero-order chi connectivity index (χ0) is 10.6. The molecule has 74 valence electrons. The lowest BCUT2D eigenvalue weighted by atomic mass is 10.3. The van der Waals surface area contributed by atoms with Crippen molar-refractivity contribution in [2.24, 2.45) is 0 Å². The molecule has 0 aliphatic rings. The number of nitrogens with zero attached hydrogens (tertiary/aromatic N) is 1. The SMILES string of the molecule is CC[Si](C)(C)C#Cc1cccc(N)n1. The van der Waals surface area contributed by atoms with Gasteiger partial charge in [0.25, 0.3) is 0 Å². The highest BCUT2D eigenvalue weighted by atomic mass is 28.3. The second kappa shape index (κ2) is 4.29. The highest BCUT2D eigenvalue weighted by Crippen LogP contribution is 2.06. The smallest absolute Gasteiger partial charge is 0.132 e. The van der Waals surface area contributed by atoms with E-state index in [-0.39, 0.29) is 0 Å². The molecule has 2 N–H and O–H groups in total. The summed E-state index contributed by atoms with van der Waals surface area (Å²) in [6.45, 7) is 6.70. The number of aromatic nitrogens is 1. The maximum absolute atomic E-state index is 5.56. The molecule has 0 atom stereocenters. The van der Waals surface area contributed by atoms with E-state index in [0.29, 0.717) is 5.82 Å². The first kappa shape index (κ1) is 10.8. The van der Waals surface area contributed by atoms with Crippen molar-refractivity contribution in [3.8, 4) is 11.5 Å². The van der Waals surface area contributed by atoms with Gasteiger partial charge in [0.05, 0.1) is 0 Å². The fraction of sp³-hybridized carbons (Fsp3) is 0.364. The standard InChI is InChI=1S/C11H16N2Si/c1-4-14(2,3)9-8-10-6-5-7-11(12)13-10/h5-7H,4H2,1-3H3,(H2,12,13). The zero-order valence-electron chi connectivity index (χ0n) is 8.96. The second-order valence-electron chi connectivity index (χ2n) is 3.94. The molecule has 1 heterocycles. The van der Waals surface area contributed by atoms with Crippen LogP contribution in [0.2, 0.25) is 19.1 Å². The van der Waals surface area contributed by atoms with Gasteiger partial charge in [0.1, 0.15) is 19.6 Å². The van der Waals surface area contributed by atoms with E-state index in [2.05, 4.69) is 36.5 Å². The average molecular weight is 204 g/mol. The second-order valence-corrected chi connectivity index (χ2v) is 8.66. The quantitative estimate of drug-likeness (QED) is 0.563. The van der Waals surface area contributed by atoms with Gasteiger partial charge in [-0.15, -0.1) is 5.54 Å². The summed E-state index contributed by atoms with van der Waals surface area (Å²) in [5.41, 5.74) is 9.66. The Balaban J connectivity index is 2.88. The van der Waals surface area contributed by atoms with E-state index >= 15 is 0 Å². The van der Waals surface area contributed by atoms with Gasteiger partial charge in [-0.3, -0.25) is 0 Å². The van der Waals surface area contributed by atoms with Crippen LogP contribution in [0.25, 0.3) is 0 Å². The molecule has 1 aromatic rings. The minimum atomic E-state index is -1.32. The van der Waals surface area contributed by atoms with Gasteiger partial charge >= 0.3 is 0 Å². The van der Waals surface area contributed by atoms with E-state index < -0.39 is 8.07 Å². The van der Waals surface area contributed by atoms with Crippen molar-refractivity contribution in [3.63, 3.8) is 0 Å². The molecule has 1 aromatic heterocycles. The van der Waals surface area contributed by atoms with Crippen LogP contribution >= 0.6 is 0 Å². The number of hydrogen-bond donors (Lipinski definition) is 1. The van der Waals surface area contributed by atoms with Gasteiger partial charge in [-0.1, -0.05) is 32.0 Å². The number of rotatable bonds is 1. The van der Waals surface area contributed by atoms with Crippen LogP contribution in [0.3, 0.4) is 0 Å². The Morgan fingerprint density at radius 3 is 2.71 bits per heavy atom. The van der Waals surface area contributed by atoms with Gasteiger partial charge in [0.2, 0.25) is 0 Å². The fourth-order valence-electron chi connectivity index (χ4n) is 0.843. The van der Waals surface area contributed by atoms with Crippen molar-refractivity contribution in [2.75, 3.05) is 5.73 Å². The summed E-state index contributed by atoms with van der Waals surface area (Å²) in [6, 6.07) is 6.71. The molecule has 0 aliphatic carbocycles. The van der Waals surface area contributed by atoms with E-state index in [0.717, 1.165) is 5.69 Å². The molecule has 0 amide bonds. The fourth-order valence-corrected chi connectivity index (χ4v) is 1.49. The Hall–Kier alpha value is -1.27. The summed E-state index contributed by atoms with van der Waals surface area (Å²) < 4.78 is 0. The van der Waals surface area contributed by atoms with E-state index in [9.17, 15) is 0 Å². The minimum absolute atomic E-state index is 0.535. The Labute approximate surface area is 86.6 Å². The van der Waals surface area contributed by atoms with Crippen molar-refractivity contribution in [3.05, 3.63) is 23.9 Å². The Morgan fingerprint density at radius 1 is 1.43 bits per heavy atom. The van der Waals surface area contributed by atoms with E-state index in [1.165, 1.54) is 6.04 Å². The van der Waals surface area contributed by atoms with Gasteiger partial charge in [0.15, 0.2) is 0 Å². The van der Waals surface area contributed by atoms with Crippen LogP contribution in [0.4, 0.5) is 5.82 Å². The summed E-state index contributed by atoms with van der Waals surface area (Å²) in [4.78, 5) is 4.14. The predicted molar refractivity (Wildman–Crippen MR) is 63.5 cm³/mol. The van der Waals surface area contributed by atoms with E-state index in [4.69, 9.17) is 5.73 Å². The van der Waals surface area contributed by atoms with Crippen molar-refractivity contribution >= 4 is 13.9 Å². The molecular weight excluding hydrogens is 188 g/mol. The van der Waals surface area contributed by atoms with Crippen LogP contribution in [-0.2, 0) is 0 Å². The lowest BCUT2D eigenvalue weighted by Crippen LogP contribution is -2.21. The number of hydrogen-bond acceptors (Lipinski definition) is 2. The van der Waals surface area contributed by atoms with Crippen molar-refractivity contribution in [2.45, 2.75) is 26.1 Å². The number of nitrogens with two attached hydrogens (primary N) is 1. The third kappa shape index (κ3) is 3.23. The Bertz CT molecular complexity index is 374. The average Bonchev–Trinajstić information content (AvgIpc) is 2.15. The molecule has 0 bridgehead atoms. The molecule has 0 fully saturated rings. The van der Waals surface area contributed by atoms with Gasteiger partial charge < -0.3 is 5.73 Å². The first-order valence-corrected chi connectivity index (χ1v) is 8.00. The number of nitrogen functional groups attached to an aromatic ring is 1. The number of pyridine rings is 1. The van der Waals surface area contributed by atoms with Crippen LogP contribution in [-0.4, -0.2) is 13.1 Å². The molecule has 0 unspecified atom stereocenters. The summed E-state index contributed by atoms with van der Waals surface area (Å²) >= 11 is 0. The Morgan fingerprint density at radius 2 is 2.14 bits per heavy atom. The molecule has 1 rings (SSSR count). The molecule has 0 aromatic carbocycles. The molecule has 0 radical (unpaired) electrons. The topological polar surface area (TPSA) is 38.9 Å². The molecule has 0 aliphatic heterocycles. The van der Waals surface area contributed by atoms with Crippen LogP contribution in [0.15, 0.2) is 18.2 Å². The zero-order valence-corrected chi connectivity index (χ0v) is 9.96. The normalized spacial score (nSPS) is 10.5. The summed E-state index contributed by atoms with van der Waals surface area (Å²) in [5, 5.41) is 0. The molecule has 0 saturated heterocycles. The molecule has 14 heavy (non-hydrogen) atoms. The molecule has 0 spiro atoms. The van der Waals surface area contributed by atoms with Crippen LogP contribution in [0.5, 0.6) is 0 Å². The van der Waals surface area contributed by atoms with Crippen molar-refractivity contribution in [1.82, 2.24) is 4.98 Å². The maximum Gasteiger partial charge on any atom is 0.132 e. The summed E-state index contributed by atoms with van der Waals surface area (Å²) in [7, 11) is -1.32. The van der Waals surface area contributed by atoms with Gasteiger partial charge in [-0.25, -0.2) is 4.98 Å². The van der Waals surface area contributed by atoms with Crippen molar-refractivity contribution in [1.29, 1.82) is 0 Å². The Kier molecular flexibility index (Phi) is 3.31. The molecule has 2 nitrogen and oxygen atoms in total. The van der Waals surface area contributed by atoms with Crippen LogP contribution in [0.1, 0.15) is 12.6 Å². The monoisotopic (exact) mass is 204 g/mol. The lowest BCUT2D eigenvalue weighted by molar-refractivity contribution is 1.30. The van der Waals surface area contributed by atoms with Crippen LogP contribution in [0, 0.1) is 11.5 Å². The van der Waals surface area contributed by atoms with Crippen LogP contribution < -0.4 is 5.73 Å². The third-order valence-corrected chi connectivity index (χ3v) is 4.75. The molecule has 0 saturated carbocycles. The van der Waals surface area contributed by atoms with E-state index in [1.807, 2.05) is 12.1 Å². The number of anilines is 1. The van der Waals surface area contributed by atoms with E-state index in [1.54, 1.807) is 6.07 Å². The third-order valence-electron chi connectivity index (χ3n) is 2.18.